The molecule has 0 saturated heterocycles. The summed E-state index contributed by atoms with van der Waals surface area (Å²) in [4.78, 5) is 27.6. The molecule has 168 valence electrons. The first kappa shape index (κ1) is 24.7. The van der Waals surface area contributed by atoms with Crippen LogP contribution in [-0.2, 0) is 21.9 Å². The third kappa shape index (κ3) is 7.90. The molecule has 0 spiro atoms. The van der Waals surface area contributed by atoms with Crippen LogP contribution in [0, 0.1) is 5.82 Å². The first-order valence-electron chi connectivity index (χ1n) is 10.4. The standard InChI is InChI=1S/C24H31FN2O3S/c1-5-22(24(29)26-17(2)3)27(14-19-7-6-8-21(13-19)30-4)23(28)16-31-15-18-9-11-20(25)12-10-18/h6-13,17,22H,5,14-16H2,1-4H3,(H,26,29). The summed E-state index contributed by atoms with van der Waals surface area (Å²) in [6.07, 6.45) is 0.511. The molecule has 2 aromatic rings. The number of amides is 2. The molecule has 7 heteroatoms. The summed E-state index contributed by atoms with van der Waals surface area (Å²) < 4.78 is 18.4. The highest BCUT2D eigenvalue weighted by atomic mass is 32.2. The molecule has 1 atom stereocenters. The Morgan fingerprint density at radius 3 is 2.45 bits per heavy atom. The van der Waals surface area contributed by atoms with Crippen LogP contribution < -0.4 is 10.1 Å². The van der Waals surface area contributed by atoms with Crippen LogP contribution in [0.25, 0.3) is 0 Å². The van der Waals surface area contributed by atoms with Gasteiger partial charge in [0.15, 0.2) is 0 Å². The van der Waals surface area contributed by atoms with E-state index in [1.807, 2.05) is 45.0 Å². The number of carbonyl (C=O) groups excluding carboxylic acids is 2. The van der Waals surface area contributed by atoms with E-state index < -0.39 is 6.04 Å². The van der Waals surface area contributed by atoms with Crippen molar-refractivity contribution in [2.45, 2.75) is 51.6 Å². The highest BCUT2D eigenvalue weighted by Crippen LogP contribution is 2.20. The van der Waals surface area contributed by atoms with Crippen molar-refractivity contribution in [1.82, 2.24) is 10.2 Å². The number of halogens is 1. The molecule has 0 aromatic heterocycles. The highest BCUT2D eigenvalue weighted by Gasteiger charge is 2.28. The molecule has 5 nitrogen and oxygen atoms in total. The van der Waals surface area contributed by atoms with E-state index in [-0.39, 0.29) is 29.4 Å². The number of nitrogens with one attached hydrogen (secondary N) is 1. The third-order valence-corrected chi connectivity index (χ3v) is 5.70. The Morgan fingerprint density at radius 2 is 1.84 bits per heavy atom. The monoisotopic (exact) mass is 446 g/mol. The third-order valence-electron chi connectivity index (χ3n) is 4.71. The number of hydrogen-bond donors (Lipinski definition) is 1. The molecule has 2 aromatic carbocycles. The number of thioether (sulfide) groups is 1. The van der Waals surface area contributed by atoms with Crippen LogP contribution in [0.2, 0.25) is 0 Å². The van der Waals surface area contributed by atoms with E-state index in [2.05, 4.69) is 5.32 Å². The number of benzene rings is 2. The summed E-state index contributed by atoms with van der Waals surface area (Å²) in [6.45, 7) is 6.02. The maximum absolute atomic E-state index is 13.2. The van der Waals surface area contributed by atoms with E-state index in [0.717, 1.165) is 11.1 Å². The number of hydrogen-bond acceptors (Lipinski definition) is 4. The van der Waals surface area contributed by atoms with E-state index in [0.29, 0.717) is 24.5 Å². The predicted molar refractivity (Wildman–Crippen MR) is 123 cm³/mol. The number of carbonyl (C=O) groups is 2. The zero-order valence-electron chi connectivity index (χ0n) is 18.6. The van der Waals surface area contributed by atoms with Crippen LogP contribution in [0.1, 0.15) is 38.3 Å². The number of nitrogens with zero attached hydrogens (tertiary/aromatic N) is 1. The van der Waals surface area contributed by atoms with E-state index >= 15 is 0 Å². The predicted octanol–water partition coefficient (Wildman–Crippen LogP) is 4.40. The molecule has 1 unspecified atom stereocenters. The summed E-state index contributed by atoms with van der Waals surface area (Å²) in [5.41, 5.74) is 1.84. The topological polar surface area (TPSA) is 58.6 Å². The SMILES string of the molecule is CCC(C(=O)NC(C)C)N(Cc1cccc(OC)c1)C(=O)CSCc1ccc(F)cc1. The minimum Gasteiger partial charge on any atom is -0.497 e. The lowest BCUT2D eigenvalue weighted by Gasteiger charge is -2.31. The Morgan fingerprint density at radius 1 is 1.13 bits per heavy atom. The van der Waals surface area contributed by atoms with Gasteiger partial charge in [-0.25, -0.2) is 4.39 Å². The average Bonchev–Trinajstić information content (AvgIpc) is 2.74. The van der Waals surface area contributed by atoms with Gasteiger partial charge in [0.25, 0.3) is 0 Å². The normalized spacial score (nSPS) is 11.8. The molecule has 2 rings (SSSR count). The molecule has 0 aliphatic rings. The first-order valence-corrected chi connectivity index (χ1v) is 11.5. The summed E-state index contributed by atoms with van der Waals surface area (Å²) >= 11 is 1.45. The summed E-state index contributed by atoms with van der Waals surface area (Å²) in [5.74, 6) is 0.977. The van der Waals surface area contributed by atoms with Crippen molar-refractivity contribution in [3.63, 3.8) is 0 Å². The molecule has 0 heterocycles. The van der Waals surface area contributed by atoms with Crippen molar-refractivity contribution in [2.24, 2.45) is 0 Å². The zero-order valence-corrected chi connectivity index (χ0v) is 19.4. The van der Waals surface area contributed by atoms with Gasteiger partial charge >= 0.3 is 0 Å². The lowest BCUT2D eigenvalue weighted by Crippen LogP contribution is -2.50. The molecule has 0 fully saturated rings. The van der Waals surface area contributed by atoms with Crippen molar-refractivity contribution >= 4 is 23.6 Å². The van der Waals surface area contributed by atoms with E-state index in [1.54, 1.807) is 24.1 Å². The minimum absolute atomic E-state index is 0.0110. The number of ether oxygens (including phenoxy) is 1. The second-order valence-electron chi connectivity index (χ2n) is 7.58. The lowest BCUT2D eigenvalue weighted by atomic mass is 10.1. The fourth-order valence-electron chi connectivity index (χ4n) is 3.19. The second-order valence-corrected chi connectivity index (χ2v) is 8.57. The average molecular weight is 447 g/mol. The Kier molecular flexibility index (Phi) is 9.85. The van der Waals surface area contributed by atoms with Gasteiger partial charge in [-0.2, -0.15) is 0 Å². The van der Waals surface area contributed by atoms with Crippen LogP contribution >= 0.6 is 11.8 Å². The molecule has 0 aliphatic carbocycles. The second kappa shape index (κ2) is 12.3. The molecule has 2 amide bonds. The van der Waals surface area contributed by atoms with Crippen molar-refractivity contribution in [2.75, 3.05) is 12.9 Å². The number of methoxy groups -OCH3 is 1. The van der Waals surface area contributed by atoms with Gasteiger partial charge in [-0.3, -0.25) is 9.59 Å². The van der Waals surface area contributed by atoms with E-state index in [1.165, 1.54) is 23.9 Å². The summed E-state index contributed by atoms with van der Waals surface area (Å²) in [5, 5.41) is 2.92. The van der Waals surface area contributed by atoms with Crippen molar-refractivity contribution in [3.05, 3.63) is 65.5 Å². The zero-order chi connectivity index (χ0) is 22.8. The molecule has 31 heavy (non-hydrogen) atoms. The molecular formula is C24H31FN2O3S. The summed E-state index contributed by atoms with van der Waals surface area (Å²) in [6, 6.07) is 13.2. The van der Waals surface area contributed by atoms with Gasteiger partial charge in [0.1, 0.15) is 17.6 Å². The fourth-order valence-corrected chi connectivity index (χ4v) is 4.06. The highest BCUT2D eigenvalue weighted by molar-refractivity contribution is 7.99. The van der Waals surface area contributed by atoms with Gasteiger partial charge in [-0.1, -0.05) is 31.2 Å². The van der Waals surface area contributed by atoms with Gasteiger partial charge in [-0.15, -0.1) is 11.8 Å². The molecule has 0 radical (unpaired) electrons. The van der Waals surface area contributed by atoms with Crippen LogP contribution in [0.3, 0.4) is 0 Å². The lowest BCUT2D eigenvalue weighted by molar-refractivity contribution is -0.139. The van der Waals surface area contributed by atoms with Gasteiger partial charge in [0, 0.05) is 18.3 Å². The Balaban J connectivity index is 2.14. The quantitative estimate of drug-likeness (QED) is 0.556. The largest absolute Gasteiger partial charge is 0.497 e. The molecular weight excluding hydrogens is 415 g/mol. The maximum Gasteiger partial charge on any atom is 0.243 e. The van der Waals surface area contributed by atoms with Gasteiger partial charge in [0.2, 0.25) is 11.8 Å². The van der Waals surface area contributed by atoms with Gasteiger partial charge in [-0.05, 0) is 55.7 Å². The van der Waals surface area contributed by atoms with Crippen molar-refractivity contribution < 1.29 is 18.7 Å². The minimum atomic E-state index is -0.562. The van der Waals surface area contributed by atoms with Crippen LogP contribution in [0.4, 0.5) is 4.39 Å². The molecule has 1 N–H and O–H groups in total. The smallest absolute Gasteiger partial charge is 0.243 e. The van der Waals surface area contributed by atoms with Crippen molar-refractivity contribution in [1.29, 1.82) is 0 Å². The first-order chi connectivity index (χ1) is 14.8. The van der Waals surface area contributed by atoms with E-state index in [9.17, 15) is 14.0 Å². The fraction of sp³-hybridized carbons (Fsp3) is 0.417. The molecule has 0 aliphatic heterocycles. The van der Waals surface area contributed by atoms with Gasteiger partial charge < -0.3 is 15.0 Å². The van der Waals surface area contributed by atoms with Crippen LogP contribution in [0.15, 0.2) is 48.5 Å². The van der Waals surface area contributed by atoms with Crippen LogP contribution in [0.5, 0.6) is 5.75 Å². The number of rotatable bonds is 11. The summed E-state index contributed by atoms with van der Waals surface area (Å²) in [7, 11) is 1.60. The molecule has 0 saturated carbocycles. The Labute approximate surface area is 188 Å². The maximum atomic E-state index is 13.2. The van der Waals surface area contributed by atoms with Crippen molar-refractivity contribution in [3.8, 4) is 5.75 Å². The van der Waals surface area contributed by atoms with Gasteiger partial charge in [0.05, 0.1) is 12.9 Å². The Hall–Kier alpha value is -2.54. The molecule has 0 bridgehead atoms. The van der Waals surface area contributed by atoms with E-state index in [4.69, 9.17) is 4.74 Å². The Bertz CT molecular complexity index is 858. The van der Waals surface area contributed by atoms with Crippen LogP contribution in [-0.4, -0.2) is 41.7 Å².